The summed E-state index contributed by atoms with van der Waals surface area (Å²) in [6, 6.07) is 1.42. The molecule has 1 heterocycles. The average Bonchev–Trinajstić information content (AvgIpc) is 2.01. The second-order valence-corrected chi connectivity index (χ2v) is 16.8. The molecule has 0 bridgehead atoms. The third-order valence-corrected chi connectivity index (χ3v) is 7.95. The van der Waals surface area contributed by atoms with Crippen LogP contribution in [0.25, 0.3) is 0 Å². The van der Waals surface area contributed by atoms with Gasteiger partial charge in [-0.1, -0.05) is 6.42 Å². The molecule has 15 heavy (non-hydrogen) atoms. The highest BCUT2D eigenvalue weighted by molar-refractivity contribution is 6.83. The SMILES string of the molecule is C1CC[SiH2]OC1.C[Si](C)(C)O[Si](C)(C)C. The molecule has 0 aromatic rings. The smallest absolute Gasteiger partial charge is 0.170 e. The predicted octanol–water partition coefficient (Wildman–Crippen LogP) is 2.97. The molecular weight excluding hydrogens is 236 g/mol. The van der Waals surface area contributed by atoms with E-state index in [0.29, 0.717) is 0 Å². The highest BCUT2D eigenvalue weighted by Gasteiger charge is 2.24. The molecule has 5 heteroatoms. The van der Waals surface area contributed by atoms with Gasteiger partial charge in [-0.05, 0) is 51.7 Å². The van der Waals surface area contributed by atoms with E-state index in [1.165, 1.54) is 18.9 Å². The summed E-state index contributed by atoms with van der Waals surface area (Å²) in [6.07, 6.45) is 2.75. The molecule has 0 amide bonds. The van der Waals surface area contributed by atoms with E-state index in [4.69, 9.17) is 8.54 Å². The van der Waals surface area contributed by atoms with Gasteiger partial charge in [0.2, 0.25) is 0 Å². The van der Waals surface area contributed by atoms with Gasteiger partial charge in [0.15, 0.2) is 26.4 Å². The maximum atomic E-state index is 5.90. The van der Waals surface area contributed by atoms with E-state index >= 15 is 0 Å². The lowest BCUT2D eigenvalue weighted by molar-refractivity contribution is 0.304. The second-order valence-electron chi connectivity index (χ2n) is 6.00. The topological polar surface area (TPSA) is 18.5 Å². The Morgan fingerprint density at radius 2 is 1.47 bits per heavy atom. The van der Waals surface area contributed by atoms with E-state index in [2.05, 4.69) is 39.3 Å². The molecule has 0 N–H and O–H groups in total. The van der Waals surface area contributed by atoms with Crippen LogP contribution in [0.4, 0.5) is 0 Å². The summed E-state index contributed by atoms with van der Waals surface area (Å²) in [7, 11) is -2.45. The maximum Gasteiger partial charge on any atom is 0.170 e. The van der Waals surface area contributed by atoms with Gasteiger partial charge in [0, 0.05) is 6.61 Å². The van der Waals surface area contributed by atoms with Crippen LogP contribution in [0.3, 0.4) is 0 Å². The van der Waals surface area contributed by atoms with Crippen molar-refractivity contribution in [1.29, 1.82) is 0 Å². The van der Waals surface area contributed by atoms with Gasteiger partial charge in [-0.3, -0.25) is 0 Å². The normalized spacial score (nSPS) is 19.6. The lowest BCUT2D eigenvalue weighted by Crippen LogP contribution is -2.39. The van der Waals surface area contributed by atoms with Gasteiger partial charge >= 0.3 is 0 Å². The van der Waals surface area contributed by atoms with Crippen LogP contribution in [0.5, 0.6) is 0 Å². The Labute approximate surface area is 100.0 Å². The van der Waals surface area contributed by atoms with Crippen molar-refractivity contribution < 1.29 is 8.54 Å². The standard InChI is InChI=1S/C6H18OSi2.C4H10OSi/c1-8(2,3)7-9(4,5)6;1-2-4-6-5-3-1/h1-6H3;1-4,6H2. The number of hydrogen-bond acceptors (Lipinski definition) is 2. The molecule has 1 fully saturated rings. The summed E-state index contributed by atoms with van der Waals surface area (Å²) in [5.74, 6) is 0. The van der Waals surface area contributed by atoms with Crippen LogP contribution >= 0.6 is 0 Å². The van der Waals surface area contributed by atoms with Crippen molar-refractivity contribution >= 4 is 26.4 Å². The zero-order valence-electron chi connectivity index (χ0n) is 11.4. The third kappa shape index (κ3) is 14.6. The third-order valence-electron chi connectivity index (χ3n) is 1.69. The number of hydrogen-bond donors (Lipinski definition) is 0. The molecule has 0 unspecified atom stereocenters. The molecule has 0 saturated carbocycles. The Morgan fingerprint density at radius 1 is 0.933 bits per heavy atom. The molecule has 0 aromatic carbocycles. The van der Waals surface area contributed by atoms with Gasteiger partial charge in [0.05, 0.1) is 0 Å². The lowest BCUT2D eigenvalue weighted by Gasteiger charge is -2.27. The first kappa shape index (κ1) is 15.6. The fourth-order valence-corrected chi connectivity index (χ4v) is 10.1. The van der Waals surface area contributed by atoms with E-state index in [1.807, 2.05) is 0 Å². The van der Waals surface area contributed by atoms with Gasteiger partial charge < -0.3 is 8.54 Å². The quantitative estimate of drug-likeness (QED) is 0.714. The summed E-state index contributed by atoms with van der Waals surface area (Å²) >= 11 is 0. The summed E-state index contributed by atoms with van der Waals surface area (Å²) in [6.45, 7) is 14.5. The Kier molecular flexibility index (Phi) is 7.27. The van der Waals surface area contributed by atoms with Crippen LogP contribution in [0.1, 0.15) is 12.8 Å². The molecular formula is C10H28O2Si3. The van der Waals surface area contributed by atoms with E-state index < -0.39 is 16.6 Å². The van der Waals surface area contributed by atoms with Gasteiger partial charge in [-0.15, -0.1) is 0 Å². The minimum absolute atomic E-state index is 0.00849. The molecule has 2 nitrogen and oxygen atoms in total. The highest BCUT2D eigenvalue weighted by atomic mass is 28.4. The minimum atomic E-state index is -1.23. The lowest BCUT2D eigenvalue weighted by atomic mass is 10.4. The van der Waals surface area contributed by atoms with Crippen molar-refractivity contribution in [2.24, 2.45) is 0 Å². The van der Waals surface area contributed by atoms with E-state index in [9.17, 15) is 0 Å². The molecule has 0 radical (unpaired) electrons. The van der Waals surface area contributed by atoms with Crippen molar-refractivity contribution in [3.8, 4) is 0 Å². The molecule has 1 aliphatic rings. The van der Waals surface area contributed by atoms with Crippen molar-refractivity contribution in [1.82, 2.24) is 0 Å². The first-order chi connectivity index (χ1) is 6.71. The van der Waals surface area contributed by atoms with E-state index in [1.54, 1.807) is 0 Å². The van der Waals surface area contributed by atoms with Gasteiger partial charge in [-0.25, -0.2) is 0 Å². The van der Waals surface area contributed by atoms with E-state index in [0.717, 1.165) is 6.61 Å². The Morgan fingerprint density at radius 3 is 1.53 bits per heavy atom. The molecule has 0 spiro atoms. The van der Waals surface area contributed by atoms with Crippen LogP contribution in [0.2, 0.25) is 45.3 Å². The van der Waals surface area contributed by atoms with Gasteiger partial charge in [0.25, 0.3) is 0 Å². The fraction of sp³-hybridized carbons (Fsp3) is 1.00. The first-order valence-corrected chi connectivity index (χ1v) is 14.4. The van der Waals surface area contributed by atoms with Crippen molar-refractivity contribution in [2.45, 2.75) is 58.2 Å². The maximum absolute atomic E-state index is 5.90. The first-order valence-electron chi connectivity index (χ1n) is 5.99. The Balaban J connectivity index is 0.000000280. The molecule has 0 atom stereocenters. The van der Waals surface area contributed by atoms with Crippen LogP contribution < -0.4 is 0 Å². The largest absolute Gasteiger partial charge is 0.456 e. The molecule has 1 rings (SSSR count). The highest BCUT2D eigenvalue weighted by Crippen LogP contribution is 2.12. The van der Waals surface area contributed by atoms with Crippen molar-refractivity contribution in [3.05, 3.63) is 0 Å². The summed E-state index contributed by atoms with van der Waals surface area (Å²) in [5.41, 5.74) is 0. The molecule has 0 aliphatic carbocycles. The molecule has 1 saturated heterocycles. The fourth-order valence-electron chi connectivity index (χ4n) is 1.61. The summed E-state index contributed by atoms with van der Waals surface area (Å²) < 4.78 is 11.1. The molecule has 1 aliphatic heterocycles. The Hall–Kier alpha value is 0.571. The van der Waals surface area contributed by atoms with Gasteiger partial charge in [0.1, 0.15) is 0 Å². The number of rotatable bonds is 2. The van der Waals surface area contributed by atoms with Crippen LogP contribution in [-0.2, 0) is 8.54 Å². The minimum Gasteiger partial charge on any atom is -0.456 e. The van der Waals surface area contributed by atoms with Crippen LogP contribution in [-0.4, -0.2) is 33.0 Å². The summed E-state index contributed by atoms with van der Waals surface area (Å²) in [4.78, 5) is 0. The van der Waals surface area contributed by atoms with Crippen LogP contribution in [0, 0.1) is 0 Å². The van der Waals surface area contributed by atoms with Crippen molar-refractivity contribution in [2.75, 3.05) is 6.61 Å². The zero-order valence-corrected chi connectivity index (χ0v) is 14.8. The van der Waals surface area contributed by atoms with Gasteiger partial charge in [-0.2, -0.15) is 0 Å². The zero-order chi connectivity index (χ0) is 11.9. The Bertz CT molecular complexity index is 134. The average molecular weight is 265 g/mol. The second kappa shape index (κ2) is 7.01. The monoisotopic (exact) mass is 264 g/mol. The predicted molar refractivity (Wildman–Crippen MR) is 76.3 cm³/mol. The van der Waals surface area contributed by atoms with Crippen LogP contribution in [0.15, 0.2) is 0 Å². The molecule has 0 aromatic heterocycles. The van der Waals surface area contributed by atoms with Crippen molar-refractivity contribution in [3.63, 3.8) is 0 Å². The van der Waals surface area contributed by atoms with E-state index in [-0.39, 0.29) is 9.76 Å². The molecule has 92 valence electrons. The summed E-state index contributed by atoms with van der Waals surface area (Å²) in [5, 5.41) is 0.